The van der Waals surface area contributed by atoms with Crippen molar-refractivity contribution in [2.45, 2.75) is 203 Å². The minimum absolute atomic E-state index is 0.0758. The van der Waals surface area contributed by atoms with E-state index in [1.54, 1.807) is 37.5 Å². The lowest BCUT2D eigenvalue weighted by Crippen LogP contribution is -2.16. The van der Waals surface area contributed by atoms with Crippen molar-refractivity contribution in [2.75, 3.05) is 0 Å². The van der Waals surface area contributed by atoms with Gasteiger partial charge in [-0.05, 0) is 134 Å². The van der Waals surface area contributed by atoms with Crippen LogP contribution in [0.3, 0.4) is 0 Å². The van der Waals surface area contributed by atoms with Crippen molar-refractivity contribution >= 4 is 21.8 Å². The van der Waals surface area contributed by atoms with Crippen molar-refractivity contribution in [3.8, 4) is 39.3 Å². The lowest BCUT2D eigenvalue weighted by molar-refractivity contribution is 0.564. The van der Waals surface area contributed by atoms with Gasteiger partial charge in [-0.25, -0.2) is 4.98 Å². The molecule has 0 amide bonds. The first-order valence-corrected chi connectivity index (χ1v) is 36.2. The van der Waals surface area contributed by atoms with Crippen molar-refractivity contribution in [3.63, 3.8) is 0 Å². The van der Waals surface area contributed by atoms with Crippen molar-refractivity contribution < 1.29 is 6.85 Å². The summed E-state index contributed by atoms with van der Waals surface area (Å²) in [7, 11) is 0. The van der Waals surface area contributed by atoms with Crippen LogP contribution in [0.2, 0.25) is 0 Å². The number of nitrogens with zero attached hydrogens (tertiary/aromatic N) is 8. The van der Waals surface area contributed by atoms with E-state index in [2.05, 4.69) is 305 Å². The fraction of sp³-hybridized carbons (Fsp3) is 0.323. The molecule has 8 aromatic heterocycles. The Bertz CT molecular complexity index is 4780. The van der Waals surface area contributed by atoms with Gasteiger partial charge in [-0.3, -0.25) is 34.5 Å². The molecular formula is C96H116N8. The molecule has 0 aliphatic rings. The van der Waals surface area contributed by atoms with Gasteiger partial charge >= 0.3 is 0 Å². The first-order valence-electron chi connectivity index (χ1n) is 38.7. The van der Waals surface area contributed by atoms with Gasteiger partial charge in [0.15, 0.2) is 0 Å². The molecule has 0 fully saturated rings. The van der Waals surface area contributed by atoms with E-state index in [1.807, 2.05) is 119 Å². The van der Waals surface area contributed by atoms with Crippen molar-refractivity contribution in [3.05, 3.63) is 325 Å². The third-order valence-electron chi connectivity index (χ3n) is 17.3. The molecule has 0 aliphatic heterocycles. The Kier molecular flexibility index (Phi) is 25.4. The van der Waals surface area contributed by atoms with Crippen LogP contribution in [0.1, 0.15) is 210 Å². The third-order valence-corrected chi connectivity index (χ3v) is 17.3. The molecular weight excluding hydrogens is 1270 g/mol. The minimum atomic E-state index is -2.07. The molecule has 13 rings (SSSR count). The van der Waals surface area contributed by atoms with Gasteiger partial charge < -0.3 is 0 Å². The quantitative estimate of drug-likeness (QED) is 0.169. The maximum absolute atomic E-state index is 7.85. The van der Waals surface area contributed by atoms with Gasteiger partial charge in [-0.2, -0.15) is 0 Å². The first kappa shape index (κ1) is 73.7. The SMILES string of the molecule is CC(C)(C)c1ccc(-c2ccccc2)nc1.CC(C)(C)c1ccc(-n2c3ccccc3c3ccccc32)nc1.CC(C)(C)c1cccnc1.CC(C)(C)c1ccncc1.CC(C)(C)c1ncccc1-c1ccccc1.[2H]C([2H])(C)c1ccc(-c2ccccc2)c(C(C)(C)C)n1.[2H]C([2H])([2H])c1cccnc1C(C)(C)C. The Labute approximate surface area is 632 Å². The average molecular weight is 1390 g/mol. The normalized spacial score (nSPS) is 12.6. The highest BCUT2D eigenvalue weighted by molar-refractivity contribution is 6.09. The largest absolute Gasteiger partial charge is 0.294 e. The Hall–Kier alpha value is -10.1. The van der Waals surface area contributed by atoms with E-state index >= 15 is 0 Å². The molecule has 104 heavy (non-hydrogen) atoms. The lowest BCUT2D eigenvalue weighted by Gasteiger charge is -2.22. The standard InChI is InChI=1S/C21H20N2.C17H21N.2C15H17N.C10H15N.2C9H13N/c1-21(2,3)15-12-13-20(22-14-15)23-18-10-6-4-8-16(18)17-9-5-7-11-19(17)23;1-5-14-11-12-15(13-9-7-6-8-10-13)16(18-14)17(2,3)4;1-15(2,3)14-13(10-7-11-16-14)12-8-5-4-6-9-12;1-15(2,3)13-9-10-14(16-11-13)12-7-5-4-6-8-12;1-8-6-5-7-11-9(8)10(2,3)4;1-9(2,3)8-4-6-10-7-5-8;1-9(2,3)8-5-4-6-10-7-8/h4-14H,1-3H3;6-12H,5H2,1-4H3;2*4-11H,1-3H3;5-7H,1-4H3;2*4-7H,1-3H3/i;5D2;;;1D3;;. The summed E-state index contributed by atoms with van der Waals surface area (Å²) in [6, 6.07) is 75.8. The predicted molar refractivity (Wildman–Crippen MR) is 445 cm³/mol. The van der Waals surface area contributed by atoms with Crippen molar-refractivity contribution in [1.82, 2.24) is 39.5 Å². The van der Waals surface area contributed by atoms with Crippen LogP contribution in [-0.2, 0) is 44.3 Å². The predicted octanol–water partition coefficient (Wildman–Crippen LogP) is 25.6. The highest BCUT2D eigenvalue weighted by atomic mass is 15.1. The van der Waals surface area contributed by atoms with Crippen LogP contribution in [0.25, 0.3) is 61.1 Å². The van der Waals surface area contributed by atoms with Crippen LogP contribution < -0.4 is 0 Å². The number of pyridine rings is 7. The molecule has 0 saturated heterocycles. The molecule has 0 aliphatic carbocycles. The van der Waals surface area contributed by atoms with Crippen molar-refractivity contribution in [1.29, 1.82) is 0 Å². The number of fused-ring (bicyclic) bond motifs is 3. The second-order valence-electron chi connectivity index (χ2n) is 33.2. The summed E-state index contributed by atoms with van der Waals surface area (Å²) >= 11 is 0. The molecule has 0 unspecified atom stereocenters. The third kappa shape index (κ3) is 23.8. The van der Waals surface area contributed by atoms with Gasteiger partial charge in [-0.1, -0.05) is 316 Å². The Balaban J connectivity index is 0.000000180. The number of hydrogen-bond acceptors (Lipinski definition) is 7. The van der Waals surface area contributed by atoms with Crippen LogP contribution in [-0.4, -0.2) is 39.5 Å². The maximum atomic E-state index is 7.85. The highest BCUT2D eigenvalue weighted by Crippen LogP contribution is 2.35. The summed E-state index contributed by atoms with van der Waals surface area (Å²) in [5, 5.41) is 2.54. The Morgan fingerprint density at radius 3 is 1.15 bits per heavy atom. The van der Waals surface area contributed by atoms with E-state index in [4.69, 9.17) is 11.8 Å². The number of rotatable bonds is 5. The molecule has 8 heterocycles. The van der Waals surface area contributed by atoms with E-state index in [-0.39, 0.29) is 37.9 Å². The zero-order valence-corrected chi connectivity index (χ0v) is 66.1. The summed E-state index contributed by atoms with van der Waals surface area (Å²) in [6.45, 7) is 44.7. The van der Waals surface area contributed by atoms with Crippen LogP contribution in [0.15, 0.2) is 274 Å². The van der Waals surface area contributed by atoms with Crippen LogP contribution in [0, 0.1) is 6.85 Å². The highest BCUT2D eigenvalue weighted by Gasteiger charge is 2.23. The fourth-order valence-corrected chi connectivity index (χ4v) is 11.3. The first-order chi connectivity index (χ1) is 50.8. The van der Waals surface area contributed by atoms with E-state index in [1.165, 1.54) is 60.8 Å². The van der Waals surface area contributed by atoms with Crippen LogP contribution in [0.5, 0.6) is 0 Å². The van der Waals surface area contributed by atoms with Crippen LogP contribution >= 0.6 is 0 Å². The second-order valence-corrected chi connectivity index (χ2v) is 33.2. The Morgan fingerprint density at radius 1 is 0.317 bits per heavy atom. The molecule has 0 saturated carbocycles. The molecule has 0 spiro atoms. The molecule has 0 radical (unpaired) electrons. The van der Waals surface area contributed by atoms with Gasteiger partial charge in [-0.15, -0.1) is 0 Å². The topological polar surface area (TPSA) is 95.2 Å². The number of hydrogen-bond donors (Lipinski definition) is 0. The van der Waals surface area contributed by atoms with Gasteiger partial charge in [0.1, 0.15) is 5.82 Å². The molecule has 0 N–H and O–H groups in total. The second kappa shape index (κ2) is 35.9. The molecule has 8 heteroatoms. The van der Waals surface area contributed by atoms with E-state index in [0.717, 1.165) is 34.0 Å². The lowest BCUT2D eigenvalue weighted by atomic mass is 9.86. The molecule has 8 nitrogen and oxygen atoms in total. The van der Waals surface area contributed by atoms with Gasteiger partial charge in [0.25, 0.3) is 0 Å². The zero-order valence-electron chi connectivity index (χ0n) is 71.1. The zero-order chi connectivity index (χ0) is 80.4. The average Bonchev–Trinajstić information content (AvgIpc) is 1.63. The number of aryl methyl sites for hydroxylation is 2. The van der Waals surface area contributed by atoms with E-state index in [0.29, 0.717) is 17.0 Å². The van der Waals surface area contributed by atoms with Gasteiger partial charge in [0.2, 0.25) is 0 Å². The smallest absolute Gasteiger partial charge is 0.137 e. The number of benzene rings is 5. The summed E-state index contributed by atoms with van der Waals surface area (Å²) in [6.07, 6.45) is 13.4. The number of para-hydroxylation sites is 2. The Morgan fingerprint density at radius 2 is 0.750 bits per heavy atom. The number of aromatic nitrogens is 8. The molecule has 540 valence electrons. The van der Waals surface area contributed by atoms with E-state index in [9.17, 15) is 0 Å². The molecule has 0 bridgehead atoms. The monoisotopic (exact) mass is 1390 g/mol. The van der Waals surface area contributed by atoms with Crippen molar-refractivity contribution in [2.24, 2.45) is 0 Å². The molecule has 5 aromatic carbocycles. The maximum Gasteiger partial charge on any atom is 0.137 e. The van der Waals surface area contributed by atoms with Gasteiger partial charge in [0.05, 0.1) is 28.1 Å². The molecule has 13 aromatic rings. The minimum Gasteiger partial charge on any atom is -0.294 e. The van der Waals surface area contributed by atoms with Crippen LogP contribution in [0.4, 0.5) is 0 Å². The summed E-state index contributed by atoms with van der Waals surface area (Å²) in [5.41, 5.74) is 18.5. The van der Waals surface area contributed by atoms with Gasteiger partial charge in [0, 0.05) is 112 Å². The fourth-order valence-electron chi connectivity index (χ4n) is 11.3. The van der Waals surface area contributed by atoms with E-state index < -0.39 is 13.2 Å². The summed E-state index contributed by atoms with van der Waals surface area (Å²) in [5.74, 6) is 0.968. The summed E-state index contributed by atoms with van der Waals surface area (Å²) in [4.78, 5) is 30.6. The summed E-state index contributed by atoms with van der Waals surface area (Å²) < 4.78 is 40.1. The molecule has 0 atom stereocenters.